The Morgan fingerprint density at radius 2 is 1.55 bits per heavy atom. The molecule has 1 aliphatic rings. The van der Waals surface area contributed by atoms with Crippen LogP contribution in [0.5, 0.6) is 11.5 Å². The van der Waals surface area contributed by atoms with Gasteiger partial charge in [-0.2, -0.15) is 4.31 Å². The van der Waals surface area contributed by atoms with Crippen LogP contribution in [0.15, 0.2) is 17.0 Å². The highest BCUT2D eigenvalue weighted by atomic mass is 32.2. The van der Waals surface area contributed by atoms with Gasteiger partial charge in [0.05, 0.1) is 19.1 Å². The fraction of sp³-hybridized carbons (Fsp3) is 0.571. The van der Waals surface area contributed by atoms with Gasteiger partial charge in [-0.25, -0.2) is 8.42 Å². The quantitative estimate of drug-likeness (QED) is 0.855. The predicted molar refractivity (Wildman–Crippen MR) is 76.9 cm³/mol. The van der Waals surface area contributed by atoms with Crippen LogP contribution in [-0.2, 0) is 10.0 Å². The summed E-state index contributed by atoms with van der Waals surface area (Å²) in [5.41, 5.74) is 0.674. The summed E-state index contributed by atoms with van der Waals surface area (Å²) in [5, 5.41) is 0. The summed E-state index contributed by atoms with van der Waals surface area (Å²) in [4.78, 5) is 0.303. The van der Waals surface area contributed by atoms with Crippen molar-refractivity contribution in [3.8, 4) is 11.5 Å². The van der Waals surface area contributed by atoms with Crippen LogP contribution >= 0.6 is 0 Å². The first-order chi connectivity index (χ1) is 9.50. The zero-order valence-corrected chi connectivity index (χ0v) is 13.0. The highest BCUT2D eigenvalue weighted by molar-refractivity contribution is 7.89. The van der Waals surface area contributed by atoms with Gasteiger partial charge in [-0.1, -0.05) is 6.42 Å². The van der Waals surface area contributed by atoms with E-state index >= 15 is 0 Å². The maximum atomic E-state index is 12.7. The van der Waals surface area contributed by atoms with Gasteiger partial charge in [0.2, 0.25) is 10.0 Å². The third kappa shape index (κ3) is 2.76. The highest BCUT2D eigenvalue weighted by Crippen LogP contribution is 2.34. The van der Waals surface area contributed by atoms with Crippen molar-refractivity contribution >= 4 is 10.0 Å². The Hall–Kier alpha value is -1.27. The van der Waals surface area contributed by atoms with E-state index in [1.54, 1.807) is 23.4 Å². The standard InChI is InChI=1S/C14H21NO4S/c1-11-9-12(18-2)13(19-3)10-14(11)20(16,17)15-7-5-4-6-8-15/h9-10H,4-8H2,1-3H3. The lowest BCUT2D eigenvalue weighted by Crippen LogP contribution is -2.35. The van der Waals surface area contributed by atoms with Crippen LogP contribution in [0.2, 0.25) is 0 Å². The molecule has 0 aliphatic carbocycles. The fourth-order valence-electron chi connectivity index (χ4n) is 2.48. The van der Waals surface area contributed by atoms with Gasteiger partial charge in [0.1, 0.15) is 0 Å². The average Bonchev–Trinajstić information content (AvgIpc) is 2.47. The summed E-state index contributed by atoms with van der Waals surface area (Å²) in [7, 11) is -0.410. The van der Waals surface area contributed by atoms with E-state index < -0.39 is 10.0 Å². The number of hydrogen-bond donors (Lipinski definition) is 0. The first-order valence-corrected chi connectivity index (χ1v) is 8.17. The summed E-state index contributed by atoms with van der Waals surface area (Å²) in [5.74, 6) is 0.983. The number of sulfonamides is 1. The van der Waals surface area contributed by atoms with Crippen LogP contribution in [0, 0.1) is 6.92 Å². The smallest absolute Gasteiger partial charge is 0.243 e. The molecule has 5 nitrogen and oxygen atoms in total. The summed E-state index contributed by atoms with van der Waals surface area (Å²) >= 11 is 0. The van der Waals surface area contributed by atoms with Gasteiger partial charge in [0.15, 0.2) is 11.5 Å². The van der Waals surface area contributed by atoms with Gasteiger partial charge < -0.3 is 9.47 Å². The molecule has 0 spiro atoms. The van der Waals surface area contributed by atoms with Crippen molar-refractivity contribution in [2.24, 2.45) is 0 Å². The molecule has 1 heterocycles. The Bertz CT molecular complexity index is 577. The van der Waals surface area contributed by atoms with Gasteiger partial charge in [-0.3, -0.25) is 0 Å². The van der Waals surface area contributed by atoms with Crippen molar-refractivity contribution in [3.63, 3.8) is 0 Å². The highest BCUT2D eigenvalue weighted by Gasteiger charge is 2.28. The minimum Gasteiger partial charge on any atom is -0.493 e. The monoisotopic (exact) mass is 299 g/mol. The first-order valence-electron chi connectivity index (χ1n) is 6.73. The molecular weight excluding hydrogens is 278 g/mol. The minimum absolute atomic E-state index is 0.303. The van der Waals surface area contributed by atoms with Gasteiger partial charge in [0, 0.05) is 19.2 Å². The van der Waals surface area contributed by atoms with Crippen molar-refractivity contribution in [1.29, 1.82) is 0 Å². The first kappa shape index (κ1) is 15.1. The van der Waals surface area contributed by atoms with Crippen molar-refractivity contribution in [3.05, 3.63) is 17.7 Å². The number of aryl methyl sites for hydroxylation is 1. The van der Waals surface area contributed by atoms with Crippen molar-refractivity contribution < 1.29 is 17.9 Å². The third-order valence-corrected chi connectivity index (χ3v) is 5.65. The molecule has 0 saturated carbocycles. The molecule has 0 N–H and O–H groups in total. The summed E-state index contributed by atoms with van der Waals surface area (Å²) < 4.78 is 37.4. The topological polar surface area (TPSA) is 55.8 Å². The number of methoxy groups -OCH3 is 2. The zero-order chi connectivity index (χ0) is 14.8. The normalized spacial score (nSPS) is 16.9. The van der Waals surface area contributed by atoms with Crippen LogP contribution in [0.25, 0.3) is 0 Å². The van der Waals surface area contributed by atoms with Crippen LogP contribution in [-0.4, -0.2) is 40.0 Å². The van der Waals surface area contributed by atoms with E-state index in [4.69, 9.17) is 9.47 Å². The van der Waals surface area contributed by atoms with Crippen LogP contribution < -0.4 is 9.47 Å². The van der Waals surface area contributed by atoms with E-state index in [0.717, 1.165) is 19.3 Å². The molecule has 1 aromatic carbocycles. The van der Waals surface area contributed by atoms with Crippen molar-refractivity contribution in [1.82, 2.24) is 4.31 Å². The molecule has 6 heteroatoms. The lowest BCUT2D eigenvalue weighted by Gasteiger charge is -2.26. The Morgan fingerprint density at radius 1 is 1.00 bits per heavy atom. The second-order valence-corrected chi connectivity index (χ2v) is 6.84. The fourth-order valence-corrected chi connectivity index (χ4v) is 4.22. The summed E-state index contributed by atoms with van der Waals surface area (Å²) in [6.45, 7) is 2.96. The Labute approximate surface area is 120 Å². The molecule has 112 valence electrons. The SMILES string of the molecule is COc1cc(C)c(S(=O)(=O)N2CCCCC2)cc1OC. The van der Waals surface area contributed by atoms with Gasteiger partial charge in [0.25, 0.3) is 0 Å². The predicted octanol–water partition coefficient (Wildman–Crippen LogP) is 2.19. The maximum Gasteiger partial charge on any atom is 0.243 e. The average molecular weight is 299 g/mol. The lowest BCUT2D eigenvalue weighted by atomic mass is 10.2. The molecule has 1 fully saturated rings. The summed E-state index contributed by atoms with van der Waals surface area (Å²) in [6, 6.07) is 3.26. The third-order valence-electron chi connectivity index (χ3n) is 3.61. The number of hydrogen-bond acceptors (Lipinski definition) is 4. The van der Waals surface area contributed by atoms with Crippen LogP contribution in [0.1, 0.15) is 24.8 Å². The molecule has 1 aromatic rings. The van der Waals surface area contributed by atoms with Crippen molar-refractivity contribution in [2.45, 2.75) is 31.1 Å². The van der Waals surface area contributed by atoms with E-state index in [0.29, 0.717) is 35.0 Å². The molecule has 0 amide bonds. The molecule has 0 unspecified atom stereocenters. The van der Waals surface area contributed by atoms with Gasteiger partial charge in [-0.15, -0.1) is 0 Å². The van der Waals surface area contributed by atoms with Gasteiger partial charge in [-0.05, 0) is 31.4 Å². The Morgan fingerprint density at radius 3 is 2.10 bits per heavy atom. The number of ether oxygens (including phenoxy) is 2. The largest absolute Gasteiger partial charge is 0.493 e. The molecular formula is C14H21NO4S. The second kappa shape index (κ2) is 6.01. The van der Waals surface area contributed by atoms with E-state index in [1.165, 1.54) is 14.2 Å². The number of rotatable bonds is 4. The summed E-state index contributed by atoms with van der Waals surface area (Å²) in [6.07, 6.45) is 2.94. The molecule has 2 rings (SSSR count). The maximum absolute atomic E-state index is 12.7. The number of piperidine rings is 1. The molecule has 0 radical (unpaired) electrons. The molecule has 0 atom stereocenters. The van der Waals surface area contributed by atoms with Crippen molar-refractivity contribution in [2.75, 3.05) is 27.3 Å². The molecule has 1 aliphatic heterocycles. The van der Waals surface area contributed by atoms with E-state index in [9.17, 15) is 8.42 Å². The Kier molecular flexibility index (Phi) is 4.55. The lowest BCUT2D eigenvalue weighted by molar-refractivity contribution is 0.343. The van der Waals surface area contributed by atoms with E-state index in [-0.39, 0.29) is 0 Å². The number of nitrogens with zero attached hydrogens (tertiary/aromatic N) is 1. The second-order valence-electron chi connectivity index (χ2n) is 4.94. The minimum atomic E-state index is -3.45. The van der Waals surface area contributed by atoms with E-state index in [1.807, 2.05) is 0 Å². The van der Waals surface area contributed by atoms with E-state index in [2.05, 4.69) is 0 Å². The molecule has 20 heavy (non-hydrogen) atoms. The molecule has 1 saturated heterocycles. The van der Waals surface area contributed by atoms with Crippen LogP contribution in [0.3, 0.4) is 0 Å². The number of benzene rings is 1. The van der Waals surface area contributed by atoms with Gasteiger partial charge >= 0.3 is 0 Å². The molecule has 0 aromatic heterocycles. The Balaban J connectivity index is 2.45. The van der Waals surface area contributed by atoms with Crippen LogP contribution in [0.4, 0.5) is 0 Å². The molecule has 0 bridgehead atoms. The zero-order valence-electron chi connectivity index (χ0n) is 12.2.